The number of aryl methyl sites for hydroxylation is 1. The van der Waals surface area contributed by atoms with Crippen LogP contribution in [0, 0.1) is 10.8 Å². The number of amides is 1. The number of imidazole rings is 1. The molecular weight excluding hydrogens is 246 g/mol. The third-order valence-electron chi connectivity index (χ3n) is 1.80. The van der Waals surface area contributed by atoms with Crippen LogP contribution in [0.3, 0.4) is 0 Å². The highest BCUT2D eigenvalue weighted by molar-refractivity contribution is 9.12. The SMILES string of the molecule is CN(Cc1nccn1C)C(=O)C#CBr. The van der Waals surface area contributed by atoms with E-state index in [1.165, 1.54) is 4.90 Å². The van der Waals surface area contributed by atoms with Crippen LogP contribution in [-0.2, 0) is 18.4 Å². The average Bonchev–Trinajstić information content (AvgIpc) is 2.52. The van der Waals surface area contributed by atoms with Crippen molar-refractivity contribution in [3.63, 3.8) is 0 Å². The maximum atomic E-state index is 11.3. The van der Waals surface area contributed by atoms with Gasteiger partial charge < -0.3 is 9.47 Å². The van der Waals surface area contributed by atoms with E-state index in [0.29, 0.717) is 6.54 Å². The molecule has 74 valence electrons. The molecule has 0 N–H and O–H groups in total. The molecule has 0 saturated carbocycles. The highest BCUT2D eigenvalue weighted by Crippen LogP contribution is 1.99. The minimum atomic E-state index is -0.232. The van der Waals surface area contributed by atoms with Crippen LogP contribution in [-0.4, -0.2) is 27.4 Å². The molecule has 0 aliphatic rings. The molecule has 0 atom stereocenters. The van der Waals surface area contributed by atoms with E-state index in [1.807, 2.05) is 17.8 Å². The van der Waals surface area contributed by atoms with Crippen molar-refractivity contribution in [2.24, 2.45) is 7.05 Å². The molecule has 1 heterocycles. The minimum Gasteiger partial charge on any atom is -0.337 e. The lowest BCUT2D eigenvalue weighted by Gasteiger charge is -2.12. The fourth-order valence-electron chi connectivity index (χ4n) is 0.969. The van der Waals surface area contributed by atoms with E-state index in [0.717, 1.165) is 5.82 Å². The first-order valence-electron chi connectivity index (χ1n) is 3.98. The fraction of sp³-hybridized carbons (Fsp3) is 0.333. The van der Waals surface area contributed by atoms with Crippen LogP contribution in [0.15, 0.2) is 12.4 Å². The first-order valence-corrected chi connectivity index (χ1v) is 4.77. The van der Waals surface area contributed by atoms with Crippen molar-refractivity contribution in [3.8, 4) is 10.8 Å². The molecule has 0 aromatic carbocycles. The van der Waals surface area contributed by atoms with Gasteiger partial charge in [0.25, 0.3) is 5.91 Å². The van der Waals surface area contributed by atoms with Crippen LogP contribution < -0.4 is 0 Å². The van der Waals surface area contributed by atoms with E-state index in [4.69, 9.17) is 0 Å². The van der Waals surface area contributed by atoms with Crippen LogP contribution in [0.4, 0.5) is 0 Å². The molecule has 1 rings (SSSR count). The van der Waals surface area contributed by atoms with Crippen molar-refractivity contribution in [1.82, 2.24) is 14.5 Å². The molecule has 0 unspecified atom stereocenters. The zero-order chi connectivity index (χ0) is 10.6. The van der Waals surface area contributed by atoms with Gasteiger partial charge in [-0.25, -0.2) is 4.98 Å². The van der Waals surface area contributed by atoms with Gasteiger partial charge in [-0.2, -0.15) is 0 Å². The van der Waals surface area contributed by atoms with Crippen molar-refractivity contribution in [3.05, 3.63) is 18.2 Å². The van der Waals surface area contributed by atoms with E-state index in [1.54, 1.807) is 13.2 Å². The Labute approximate surface area is 91.0 Å². The lowest BCUT2D eigenvalue weighted by Crippen LogP contribution is -2.25. The molecule has 14 heavy (non-hydrogen) atoms. The number of rotatable bonds is 2. The van der Waals surface area contributed by atoms with Crippen molar-refractivity contribution >= 4 is 21.8 Å². The summed E-state index contributed by atoms with van der Waals surface area (Å²) in [5.74, 6) is 2.99. The van der Waals surface area contributed by atoms with Gasteiger partial charge in [0, 0.05) is 48.3 Å². The maximum Gasteiger partial charge on any atom is 0.299 e. The normalized spacial score (nSPS) is 9.07. The minimum absolute atomic E-state index is 0.232. The number of hydrogen-bond donors (Lipinski definition) is 0. The van der Waals surface area contributed by atoms with Gasteiger partial charge in [-0.1, -0.05) is 0 Å². The Morgan fingerprint density at radius 1 is 1.79 bits per heavy atom. The van der Waals surface area contributed by atoms with Crippen molar-refractivity contribution in [2.45, 2.75) is 6.54 Å². The Bertz CT molecular complexity index is 388. The van der Waals surface area contributed by atoms with Crippen molar-refractivity contribution < 1.29 is 4.79 Å². The molecule has 0 fully saturated rings. The summed E-state index contributed by atoms with van der Waals surface area (Å²) >= 11 is 2.88. The second kappa shape index (κ2) is 4.82. The second-order valence-corrected chi connectivity index (χ2v) is 3.23. The van der Waals surface area contributed by atoms with Crippen LogP contribution in [0.25, 0.3) is 0 Å². The predicted molar refractivity (Wildman–Crippen MR) is 56.4 cm³/mol. The first kappa shape index (κ1) is 10.8. The summed E-state index contributed by atoms with van der Waals surface area (Å²) in [6.45, 7) is 0.462. The molecule has 0 saturated heterocycles. The smallest absolute Gasteiger partial charge is 0.299 e. The Morgan fingerprint density at radius 2 is 2.50 bits per heavy atom. The Kier molecular flexibility index (Phi) is 3.72. The molecule has 1 amide bonds. The molecule has 0 aliphatic heterocycles. The molecule has 4 nitrogen and oxygen atoms in total. The van der Waals surface area contributed by atoms with Gasteiger partial charge in [0.2, 0.25) is 0 Å². The summed E-state index contributed by atoms with van der Waals surface area (Å²) in [4.78, 5) is 19.3. The molecule has 0 spiro atoms. The zero-order valence-corrected chi connectivity index (χ0v) is 9.58. The molecular formula is C9H10BrN3O. The number of nitrogens with zero attached hydrogens (tertiary/aromatic N) is 3. The predicted octanol–water partition coefficient (Wildman–Crippen LogP) is 0.734. The van der Waals surface area contributed by atoms with Gasteiger partial charge in [0.05, 0.1) is 6.54 Å². The molecule has 5 heteroatoms. The third-order valence-corrected chi connectivity index (χ3v) is 2.00. The quantitative estimate of drug-likeness (QED) is 0.732. The van der Waals surface area contributed by atoms with E-state index in [-0.39, 0.29) is 5.91 Å². The Hall–Kier alpha value is -1.28. The van der Waals surface area contributed by atoms with Gasteiger partial charge in [-0.3, -0.25) is 4.79 Å². The van der Waals surface area contributed by atoms with Crippen LogP contribution in [0.2, 0.25) is 0 Å². The number of aromatic nitrogens is 2. The highest BCUT2D eigenvalue weighted by Gasteiger charge is 2.08. The van der Waals surface area contributed by atoms with E-state index >= 15 is 0 Å². The van der Waals surface area contributed by atoms with Gasteiger partial charge in [0.15, 0.2) is 0 Å². The second-order valence-electron chi connectivity index (χ2n) is 2.84. The van der Waals surface area contributed by atoms with Crippen LogP contribution in [0.1, 0.15) is 5.82 Å². The van der Waals surface area contributed by atoms with Crippen LogP contribution >= 0.6 is 15.9 Å². The number of carbonyl (C=O) groups excluding carboxylic acids is 1. The summed E-state index contributed by atoms with van der Waals surface area (Å²) in [5.41, 5.74) is 0. The first-order chi connectivity index (χ1) is 6.65. The van der Waals surface area contributed by atoms with Gasteiger partial charge in [-0.05, 0) is 4.83 Å². The summed E-state index contributed by atoms with van der Waals surface area (Å²) in [6, 6.07) is 0. The summed E-state index contributed by atoms with van der Waals surface area (Å²) in [7, 11) is 3.57. The Balaban J connectivity index is 2.64. The number of hydrogen-bond acceptors (Lipinski definition) is 2. The molecule has 0 radical (unpaired) electrons. The lowest BCUT2D eigenvalue weighted by atomic mass is 10.5. The number of carbonyl (C=O) groups is 1. The highest BCUT2D eigenvalue weighted by atomic mass is 79.9. The lowest BCUT2D eigenvalue weighted by molar-refractivity contribution is -0.124. The fourth-order valence-corrected chi connectivity index (χ4v) is 1.14. The summed E-state index contributed by atoms with van der Waals surface area (Å²) in [5, 5.41) is 0. The molecule has 0 aliphatic carbocycles. The third kappa shape index (κ3) is 2.60. The van der Waals surface area contributed by atoms with Crippen LogP contribution in [0.5, 0.6) is 0 Å². The maximum absolute atomic E-state index is 11.3. The number of halogens is 1. The van der Waals surface area contributed by atoms with E-state index < -0.39 is 0 Å². The molecule has 1 aromatic heterocycles. The topological polar surface area (TPSA) is 38.1 Å². The van der Waals surface area contributed by atoms with E-state index in [9.17, 15) is 4.79 Å². The van der Waals surface area contributed by atoms with Gasteiger partial charge in [0.1, 0.15) is 5.82 Å². The van der Waals surface area contributed by atoms with E-state index in [2.05, 4.69) is 31.7 Å². The zero-order valence-electron chi connectivity index (χ0n) is 7.99. The Morgan fingerprint density at radius 3 is 3.00 bits per heavy atom. The molecule has 1 aromatic rings. The molecule has 0 bridgehead atoms. The summed E-state index contributed by atoms with van der Waals surface area (Å²) in [6.07, 6.45) is 3.54. The largest absolute Gasteiger partial charge is 0.337 e. The summed E-state index contributed by atoms with van der Waals surface area (Å²) < 4.78 is 1.87. The van der Waals surface area contributed by atoms with Gasteiger partial charge >= 0.3 is 0 Å². The van der Waals surface area contributed by atoms with Crippen molar-refractivity contribution in [1.29, 1.82) is 0 Å². The van der Waals surface area contributed by atoms with Crippen molar-refractivity contribution in [2.75, 3.05) is 7.05 Å². The standard InChI is InChI=1S/C9H10BrN3O/c1-12-6-5-11-8(12)7-13(2)9(14)3-4-10/h5-6H,7H2,1-2H3. The van der Waals surface area contributed by atoms with Gasteiger partial charge in [-0.15, -0.1) is 0 Å². The monoisotopic (exact) mass is 255 g/mol. The average molecular weight is 256 g/mol.